The fourth-order valence-electron chi connectivity index (χ4n) is 6.32. The largest absolute Gasteiger partial charge is 0.417 e. The van der Waals surface area contributed by atoms with Crippen molar-refractivity contribution in [1.29, 1.82) is 0 Å². The van der Waals surface area contributed by atoms with Crippen molar-refractivity contribution >= 4 is 17.9 Å². The molecular weight excluding hydrogens is 485 g/mol. The average molecular weight is 519 g/mol. The number of carbonyl (C=O) groups is 1. The van der Waals surface area contributed by atoms with Gasteiger partial charge in [0.15, 0.2) is 0 Å². The predicted molar refractivity (Wildman–Crippen MR) is 132 cm³/mol. The Balaban J connectivity index is 1.10. The van der Waals surface area contributed by atoms with Crippen LogP contribution in [-0.2, 0) is 15.7 Å². The topological polar surface area (TPSA) is 82.1 Å². The van der Waals surface area contributed by atoms with Gasteiger partial charge in [0.2, 0.25) is 5.91 Å². The Morgan fingerprint density at radius 2 is 2.11 bits per heavy atom. The van der Waals surface area contributed by atoms with Gasteiger partial charge in [-0.15, -0.1) is 0 Å². The summed E-state index contributed by atoms with van der Waals surface area (Å²) in [4.78, 5) is 25.6. The average Bonchev–Trinajstić information content (AvgIpc) is 3.50. The Morgan fingerprint density at radius 1 is 1.22 bits per heavy atom. The molecule has 1 saturated carbocycles. The van der Waals surface area contributed by atoms with Crippen LogP contribution in [-0.4, -0.2) is 73.7 Å². The molecule has 8 nitrogen and oxygen atoms in total. The number of halogens is 3. The zero-order valence-electron chi connectivity index (χ0n) is 20.8. The van der Waals surface area contributed by atoms with Crippen LogP contribution in [0.1, 0.15) is 44.1 Å². The summed E-state index contributed by atoms with van der Waals surface area (Å²) in [6, 6.07) is 1.43. The molecule has 0 bridgehead atoms. The molecule has 1 aromatic rings. The molecule has 1 aliphatic carbocycles. The summed E-state index contributed by atoms with van der Waals surface area (Å²) in [7, 11) is 0. The first kappa shape index (κ1) is 24.7. The Bertz CT molecular complexity index is 1100. The second-order valence-electron chi connectivity index (χ2n) is 11.0. The summed E-state index contributed by atoms with van der Waals surface area (Å²) in [6.45, 7) is 4.08. The van der Waals surface area contributed by atoms with Gasteiger partial charge in [0.05, 0.1) is 23.8 Å². The van der Waals surface area contributed by atoms with Crippen LogP contribution in [0.5, 0.6) is 0 Å². The third-order valence-corrected chi connectivity index (χ3v) is 8.64. The van der Waals surface area contributed by atoms with Gasteiger partial charge < -0.3 is 19.9 Å². The first-order valence-electron chi connectivity index (χ1n) is 13.2. The number of nitrogens with one attached hydrogen (secondary N) is 2. The lowest BCUT2D eigenvalue weighted by Crippen LogP contribution is -2.46. The van der Waals surface area contributed by atoms with E-state index in [9.17, 15) is 18.0 Å². The van der Waals surface area contributed by atoms with Crippen LogP contribution in [0.15, 0.2) is 34.7 Å². The lowest BCUT2D eigenvalue weighted by molar-refractivity contribution is -0.138. The van der Waals surface area contributed by atoms with Crippen LogP contribution in [0.3, 0.4) is 0 Å². The number of aromatic nitrogens is 1. The molecule has 5 aliphatic rings. The highest BCUT2D eigenvalue weighted by Gasteiger charge is 2.59. The highest BCUT2D eigenvalue weighted by atomic mass is 19.4. The molecule has 11 heteroatoms. The van der Waals surface area contributed by atoms with E-state index in [1.807, 2.05) is 4.90 Å². The number of alkyl halides is 3. The summed E-state index contributed by atoms with van der Waals surface area (Å²) < 4.78 is 45.2. The van der Waals surface area contributed by atoms with Gasteiger partial charge in [-0.25, -0.2) is 0 Å². The van der Waals surface area contributed by atoms with Gasteiger partial charge in [-0.3, -0.25) is 20.1 Å². The maximum Gasteiger partial charge on any atom is 0.417 e. The van der Waals surface area contributed by atoms with E-state index >= 15 is 0 Å². The lowest BCUT2D eigenvalue weighted by atomic mass is 9.99. The van der Waals surface area contributed by atoms with Crippen molar-refractivity contribution in [3.8, 4) is 0 Å². The van der Waals surface area contributed by atoms with Gasteiger partial charge in [-0.2, -0.15) is 13.2 Å². The van der Waals surface area contributed by atoms with Gasteiger partial charge in [0.1, 0.15) is 6.17 Å². The maximum absolute atomic E-state index is 13.2. The first-order chi connectivity index (χ1) is 17.8. The second kappa shape index (κ2) is 9.58. The SMILES string of the molecule is O=C(C1CCCOCC1)N1CC[C@]2(C[C@@H]2NC2N=CNC3=C2CN(c2cncc(C(F)(F)F)c2)CC3)C1. The molecule has 1 spiro atoms. The number of rotatable bonds is 4. The molecule has 5 heterocycles. The number of amides is 1. The fraction of sp³-hybridized carbons (Fsp3) is 0.654. The minimum atomic E-state index is -4.43. The van der Waals surface area contributed by atoms with E-state index in [0.29, 0.717) is 31.8 Å². The van der Waals surface area contributed by atoms with E-state index in [-0.39, 0.29) is 29.4 Å². The Labute approximate surface area is 214 Å². The number of hydrogen-bond donors (Lipinski definition) is 2. The molecule has 2 unspecified atom stereocenters. The van der Waals surface area contributed by atoms with Crippen LogP contribution in [0.4, 0.5) is 18.9 Å². The number of pyridine rings is 1. The number of anilines is 1. The molecule has 2 saturated heterocycles. The van der Waals surface area contributed by atoms with Gasteiger partial charge >= 0.3 is 6.18 Å². The molecule has 0 aromatic carbocycles. The van der Waals surface area contributed by atoms with Gasteiger partial charge in [0, 0.05) is 80.7 Å². The molecule has 37 heavy (non-hydrogen) atoms. The van der Waals surface area contributed by atoms with E-state index < -0.39 is 11.7 Å². The molecule has 1 aromatic heterocycles. The standard InChI is InChI=1S/C26H33F3N6O2/c27-26(28,29)18-10-19(13-30-12-18)34-6-3-21-20(14-34)23(32-16-31-21)33-22-11-25(22)5-7-35(15-25)24(36)17-2-1-8-37-9-4-17/h10,12-13,16-17,22-23,33H,1-9,11,14-15H2,(H,31,32)/t17?,22-,23?,25-/m0/s1. The third-order valence-electron chi connectivity index (χ3n) is 8.64. The molecule has 3 fully saturated rings. The number of hydrogen-bond acceptors (Lipinski definition) is 7. The normalized spacial score (nSPS) is 31.8. The van der Waals surface area contributed by atoms with Crippen LogP contribution < -0.4 is 15.5 Å². The molecule has 2 N–H and O–H groups in total. The van der Waals surface area contributed by atoms with Gasteiger partial charge in [0.25, 0.3) is 0 Å². The summed E-state index contributed by atoms with van der Waals surface area (Å²) in [6.07, 6.45) is 4.75. The fourth-order valence-corrected chi connectivity index (χ4v) is 6.32. The second-order valence-corrected chi connectivity index (χ2v) is 11.0. The minimum absolute atomic E-state index is 0.0723. The minimum Gasteiger partial charge on any atom is -0.381 e. The van der Waals surface area contributed by atoms with Crippen LogP contribution in [0, 0.1) is 11.3 Å². The van der Waals surface area contributed by atoms with E-state index in [0.717, 1.165) is 69.3 Å². The van der Waals surface area contributed by atoms with Crippen LogP contribution in [0.2, 0.25) is 0 Å². The molecular formula is C26H33F3N6O2. The monoisotopic (exact) mass is 518 g/mol. The number of ether oxygens (including phenoxy) is 1. The molecule has 4 aliphatic heterocycles. The molecule has 4 atom stereocenters. The number of aliphatic imine (C=N–C) groups is 1. The maximum atomic E-state index is 13.2. The Hall–Kier alpha value is -2.66. The van der Waals surface area contributed by atoms with E-state index in [1.54, 1.807) is 6.34 Å². The molecule has 200 valence electrons. The summed E-state index contributed by atoms with van der Waals surface area (Å²) in [5, 5.41) is 6.94. The van der Waals surface area contributed by atoms with Crippen molar-refractivity contribution in [2.45, 2.75) is 56.9 Å². The van der Waals surface area contributed by atoms with Crippen molar-refractivity contribution in [3.63, 3.8) is 0 Å². The Kier molecular flexibility index (Phi) is 6.38. The van der Waals surface area contributed by atoms with Crippen LogP contribution >= 0.6 is 0 Å². The van der Waals surface area contributed by atoms with Crippen molar-refractivity contribution in [1.82, 2.24) is 20.5 Å². The zero-order chi connectivity index (χ0) is 25.6. The van der Waals surface area contributed by atoms with E-state index in [1.165, 1.54) is 12.3 Å². The highest BCUT2D eigenvalue weighted by molar-refractivity contribution is 5.79. The Morgan fingerprint density at radius 3 is 2.97 bits per heavy atom. The molecule has 6 rings (SSSR count). The third kappa shape index (κ3) is 4.95. The lowest BCUT2D eigenvalue weighted by Gasteiger charge is -2.36. The number of carbonyl (C=O) groups excluding carboxylic acids is 1. The highest BCUT2D eigenvalue weighted by Crippen LogP contribution is 2.53. The van der Waals surface area contributed by atoms with Crippen molar-refractivity contribution in [3.05, 3.63) is 35.3 Å². The van der Waals surface area contributed by atoms with Crippen molar-refractivity contribution in [2.24, 2.45) is 16.3 Å². The zero-order valence-corrected chi connectivity index (χ0v) is 20.8. The summed E-state index contributed by atoms with van der Waals surface area (Å²) in [5.41, 5.74) is 1.95. The number of likely N-dealkylation sites (tertiary alicyclic amines) is 1. The predicted octanol–water partition coefficient (Wildman–Crippen LogP) is 2.92. The summed E-state index contributed by atoms with van der Waals surface area (Å²) >= 11 is 0. The quantitative estimate of drug-likeness (QED) is 0.638. The molecule has 1 amide bonds. The van der Waals surface area contributed by atoms with Crippen LogP contribution in [0.25, 0.3) is 0 Å². The molecule has 0 radical (unpaired) electrons. The smallest absolute Gasteiger partial charge is 0.381 e. The van der Waals surface area contributed by atoms with E-state index in [4.69, 9.17) is 4.74 Å². The van der Waals surface area contributed by atoms with Crippen molar-refractivity contribution in [2.75, 3.05) is 44.3 Å². The van der Waals surface area contributed by atoms with Crippen molar-refractivity contribution < 1.29 is 22.7 Å². The number of nitrogens with zero attached hydrogens (tertiary/aromatic N) is 4. The van der Waals surface area contributed by atoms with E-state index in [2.05, 4.69) is 25.5 Å². The first-order valence-corrected chi connectivity index (χ1v) is 13.2. The summed E-state index contributed by atoms with van der Waals surface area (Å²) in [5.74, 6) is 0.346. The van der Waals surface area contributed by atoms with Gasteiger partial charge in [-0.05, 0) is 38.2 Å². The van der Waals surface area contributed by atoms with Gasteiger partial charge in [-0.1, -0.05) is 0 Å².